The van der Waals surface area contributed by atoms with Crippen molar-refractivity contribution in [3.8, 4) is 0 Å². The molecule has 0 unspecified atom stereocenters. The third-order valence-corrected chi connectivity index (χ3v) is 4.05. The molecule has 126 valence electrons. The van der Waals surface area contributed by atoms with Gasteiger partial charge in [0, 0.05) is 49.4 Å². The molecule has 1 atom stereocenters. The van der Waals surface area contributed by atoms with Crippen LogP contribution in [0.2, 0.25) is 5.02 Å². The van der Waals surface area contributed by atoms with Crippen molar-refractivity contribution in [3.05, 3.63) is 38.9 Å². The van der Waals surface area contributed by atoms with E-state index in [1.165, 1.54) is 6.07 Å². The summed E-state index contributed by atoms with van der Waals surface area (Å²) in [5.41, 5.74) is 0.991. The molecular formula is C14H22Cl3N3O2. The highest BCUT2D eigenvalue weighted by molar-refractivity contribution is 6.31. The van der Waals surface area contributed by atoms with E-state index in [9.17, 15) is 10.1 Å². The zero-order valence-electron chi connectivity index (χ0n) is 12.5. The largest absolute Gasteiger partial charge is 0.314 e. The Kier molecular flexibility index (Phi) is 9.96. The predicted molar refractivity (Wildman–Crippen MR) is 94.7 cm³/mol. The highest BCUT2D eigenvalue weighted by Crippen LogP contribution is 2.33. The number of hydrogen-bond donors (Lipinski definition) is 1. The molecule has 0 amide bonds. The van der Waals surface area contributed by atoms with Crippen LogP contribution in [-0.4, -0.2) is 36.0 Å². The molecule has 1 heterocycles. The minimum Gasteiger partial charge on any atom is -0.314 e. The van der Waals surface area contributed by atoms with E-state index in [-0.39, 0.29) is 41.5 Å². The Bertz CT molecular complexity index is 482. The average molecular weight is 371 g/mol. The van der Waals surface area contributed by atoms with E-state index in [1.807, 2.05) is 0 Å². The second-order valence-corrected chi connectivity index (χ2v) is 5.46. The van der Waals surface area contributed by atoms with Gasteiger partial charge >= 0.3 is 0 Å². The van der Waals surface area contributed by atoms with Crippen molar-refractivity contribution in [1.82, 2.24) is 10.2 Å². The Morgan fingerprint density at radius 2 is 2.00 bits per heavy atom. The molecule has 1 aromatic rings. The third-order valence-electron chi connectivity index (χ3n) is 3.70. The molecule has 1 fully saturated rings. The molecule has 1 aromatic carbocycles. The van der Waals surface area contributed by atoms with Gasteiger partial charge < -0.3 is 5.32 Å². The van der Waals surface area contributed by atoms with Crippen LogP contribution >= 0.6 is 36.4 Å². The van der Waals surface area contributed by atoms with E-state index in [1.54, 1.807) is 12.1 Å². The lowest BCUT2D eigenvalue weighted by atomic mass is 9.99. The smallest absolute Gasteiger partial charge is 0.269 e. The summed E-state index contributed by atoms with van der Waals surface area (Å²) >= 11 is 6.29. The van der Waals surface area contributed by atoms with Gasteiger partial charge in [-0.2, -0.15) is 0 Å². The fraction of sp³-hybridized carbons (Fsp3) is 0.571. The Hall–Kier alpha value is -0.590. The van der Waals surface area contributed by atoms with Gasteiger partial charge in [0.25, 0.3) is 5.69 Å². The fourth-order valence-corrected chi connectivity index (χ4v) is 2.95. The molecule has 0 saturated carbocycles. The van der Waals surface area contributed by atoms with Crippen LogP contribution in [0.1, 0.15) is 31.4 Å². The number of halogens is 3. The standard InChI is InChI=1S/C14H20ClN3O2.2ClH/c1-2-3-14(17-8-6-16-7-9-17)12-10-11(18(19)20)4-5-13(12)15;;/h4-5,10,14,16H,2-3,6-9H2,1H3;2*1H/t14-;;/m1../s1. The zero-order valence-corrected chi connectivity index (χ0v) is 14.8. The Labute approximate surface area is 148 Å². The number of non-ortho nitro benzene ring substituents is 1. The van der Waals surface area contributed by atoms with Crippen LogP contribution in [0.5, 0.6) is 0 Å². The van der Waals surface area contributed by atoms with Crippen molar-refractivity contribution in [2.75, 3.05) is 26.2 Å². The summed E-state index contributed by atoms with van der Waals surface area (Å²) in [5, 5.41) is 14.9. The predicted octanol–water partition coefficient (Wildman–Crippen LogP) is 3.84. The van der Waals surface area contributed by atoms with E-state index in [0.717, 1.165) is 44.6 Å². The van der Waals surface area contributed by atoms with Crippen molar-refractivity contribution in [2.24, 2.45) is 0 Å². The van der Waals surface area contributed by atoms with E-state index >= 15 is 0 Å². The summed E-state index contributed by atoms with van der Waals surface area (Å²) in [5.74, 6) is 0. The zero-order chi connectivity index (χ0) is 14.5. The first kappa shape index (κ1) is 21.4. The van der Waals surface area contributed by atoms with Gasteiger partial charge in [-0.1, -0.05) is 24.9 Å². The fourth-order valence-electron chi connectivity index (χ4n) is 2.70. The molecule has 0 bridgehead atoms. The molecule has 1 aliphatic heterocycles. The number of hydrogen-bond acceptors (Lipinski definition) is 4. The van der Waals surface area contributed by atoms with Gasteiger partial charge in [0.05, 0.1) is 4.92 Å². The molecule has 8 heteroatoms. The second-order valence-electron chi connectivity index (χ2n) is 5.05. The van der Waals surface area contributed by atoms with E-state index in [4.69, 9.17) is 11.6 Å². The van der Waals surface area contributed by atoms with Crippen LogP contribution in [0.25, 0.3) is 0 Å². The van der Waals surface area contributed by atoms with Crippen LogP contribution in [0.15, 0.2) is 18.2 Å². The maximum atomic E-state index is 11.0. The number of nitrogens with one attached hydrogen (secondary N) is 1. The number of piperazine rings is 1. The van der Waals surface area contributed by atoms with E-state index in [2.05, 4.69) is 17.1 Å². The summed E-state index contributed by atoms with van der Waals surface area (Å²) in [6, 6.07) is 4.89. The number of nitro groups is 1. The van der Waals surface area contributed by atoms with Crippen molar-refractivity contribution in [2.45, 2.75) is 25.8 Å². The maximum Gasteiger partial charge on any atom is 0.269 e. The first-order valence-electron chi connectivity index (χ1n) is 7.02. The summed E-state index contributed by atoms with van der Waals surface area (Å²) < 4.78 is 0. The molecule has 1 saturated heterocycles. The Morgan fingerprint density at radius 3 is 2.55 bits per heavy atom. The summed E-state index contributed by atoms with van der Waals surface area (Å²) in [6.45, 7) is 5.92. The highest BCUT2D eigenvalue weighted by Gasteiger charge is 2.24. The summed E-state index contributed by atoms with van der Waals surface area (Å²) in [4.78, 5) is 13.0. The molecular weight excluding hydrogens is 349 g/mol. The van der Waals surface area contributed by atoms with Gasteiger partial charge in [-0.05, 0) is 18.1 Å². The van der Waals surface area contributed by atoms with Crippen LogP contribution < -0.4 is 5.32 Å². The minimum absolute atomic E-state index is 0. The maximum absolute atomic E-state index is 11.0. The second kappa shape index (κ2) is 10.2. The van der Waals surface area contributed by atoms with Crippen LogP contribution in [-0.2, 0) is 0 Å². The van der Waals surface area contributed by atoms with Crippen LogP contribution in [0, 0.1) is 10.1 Å². The van der Waals surface area contributed by atoms with Crippen molar-refractivity contribution in [3.63, 3.8) is 0 Å². The van der Waals surface area contributed by atoms with Gasteiger partial charge in [0.15, 0.2) is 0 Å². The lowest BCUT2D eigenvalue weighted by Crippen LogP contribution is -2.45. The van der Waals surface area contributed by atoms with E-state index < -0.39 is 0 Å². The van der Waals surface area contributed by atoms with Gasteiger partial charge in [-0.3, -0.25) is 15.0 Å². The van der Waals surface area contributed by atoms with Crippen molar-refractivity contribution in [1.29, 1.82) is 0 Å². The number of nitro benzene ring substituents is 1. The summed E-state index contributed by atoms with van der Waals surface area (Å²) in [7, 11) is 0. The topological polar surface area (TPSA) is 58.4 Å². The quantitative estimate of drug-likeness (QED) is 0.632. The van der Waals surface area contributed by atoms with Crippen molar-refractivity contribution < 1.29 is 4.92 Å². The monoisotopic (exact) mass is 369 g/mol. The number of nitrogens with zero attached hydrogens (tertiary/aromatic N) is 2. The van der Waals surface area contributed by atoms with E-state index in [0.29, 0.717) is 5.02 Å². The molecule has 0 spiro atoms. The number of benzene rings is 1. The normalized spacial score (nSPS) is 16.3. The highest BCUT2D eigenvalue weighted by atomic mass is 35.5. The molecule has 0 aliphatic carbocycles. The Balaban J connectivity index is 0.00000220. The molecule has 1 aliphatic rings. The van der Waals surface area contributed by atoms with Gasteiger partial charge in [-0.15, -0.1) is 24.8 Å². The average Bonchev–Trinajstić information content (AvgIpc) is 2.46. The molecule has 0 radical (unpaired) electrons. The minimum atomic E-state index is -0.361. The lowest BCUT2D eigenvalue weighted by Gasteiger charge is -2.35. The summed E-state index contributed by atoms with van der Waals surface area (Å²) in [6.07, 6.45) is 1.98. The molecule has 22 heavy (non-hydrogen) atoms. The van der Waals surface area contributed by atoms with Crippen LogP contribution in [0.4, 0.5) is 5.69 Å². The number of rotatable bonds is 5. The van der Waals surface area contributed by atoms with Gasteiger partial charge in [0.1, 0.15) is 0 Å². The first-order chi connectivity index (χ1) is 9.63. The molecule has 0 aromatic heterocycles. The lowest BCUT2D eigenvalue weighted by molar-refractivity contribution is -0.385. The third kappa shape index (κ3) is 5.25. The van der Waals surface area contributed by atoms with Gasteiger partial charge in [-0.25, -0.2) is 0 Å². The first-order valence-corrected chi connectivity index (χ1v) is 7.40. The van der Waals surface area contributed by atoms with Crippen LogP contribution in [0.3, 0.4) is 0 Å². The van der Waals surface area contributed by atoms with Crippen molar-refractivity contribution >= 4 is 42.1 Å². The van der Waals surface area contributed by atoms with Gasteiger partial charge in [0.2, 0.25) is 0 Å². The molecule has 1 N–H and O–H groups in total. The molecule has 5 nitrogen and oxygen atoms in total. The Morgan fingerprint density at radius 1 is 1.36 bits per heavy atom. The molecule has 2 rings (SSSR count). The SMILES string of the molecule is CCC[C@H](c1cc([N+](=O)[O-])ccc1Cl)N1CCNCC1.Cl.Cl.